The fraction of sp³-hybridized carbons (Fsp3) is 0.333. The third kappa shape index (κ3) is 1.31. The molecule has 2 aliphatic rings. The topological polar surface area (TPSA) is 81.2 Å². The van der Waals surface area contributed by atoms with Crippen molar-refractivity contribution in [1.29, 1.82) is 0 Å². The molecule has 0 aromatic rings. The van der Waals surface area contributed by atoms with Crippen molar-refractivity contribution in [3.8, 4) is 0 Å². The van der Waals surface area contributed by atoms with Gasteiger partial charge in [0.25, 0.3) is 5.70 Å². The van der Waals surface area contributed by atoms with Crippen LogP contribution in [0.15, 0.2) is 35.7 Å². The molecule has 0 saturated heterocycles. The van der Waals surface area contributed by atoms with Crippen molar-refractivity contribution >= 4 is 0 Å². The van der Waals surface area contributed by atoms with Gasteiger partial charge in [0.2, 0.25) is 0 Å². The number of nitro groups is 1. The molecule has 5 heteroatoms. The number of nitrogens with zero attached hydrogens (tertiary/aromatic N) is 1. The molecule has 2 unspecified atom stereocenters. The highest BCUT2D eigenvalue weighted by Crippen LogP contribution is 2.28. The zero-order chi connectivity index (χ0) is 10.1. The highest BCUT2D eigenvalue weighted by Gasteiger charge is 2.35. The lowest BCUT2D eigenvalue weighted by atomic mass is 9.91. The van der Waals surface area contributed by atoms with Crippen molar-refractivity contribution < 1.29 is 4.92 Å². The second-order valence-electron chi connectivity index (χ2n) is 3.35. The van der Waals surface area contributed by atoms with Crippen LogP contribution in [-0.4, -0.2) is 17.5 Å². The van der Waals surface area contributed by atoms with Crippen molar-refractivity contribution in [2.24, 2.45) is 11.7 Å². The summed E-state index contributed by atoms with van der Waals surface area (Å²) < 4.78 is 0. The molecule has 74 valence electrons. The maximum absolute atomic E-state index is 10.7. The third-order valence-electron chi connectivity index (χ3n) is 2.51. The smallest absolute Gasteiger partial charge is 0.270 e. The highest BCUT2D eigenvalue weighted by molar-refractivity contribution is 5.34. The molecule has 3 N–H and O–H groups in total. The maximum Gasteiger partial charge on any atom is 0.270 e. The van der Waals surface area contributed by atoms with Gasteiger partial charge in [-0.25, -0.2) is 0 Å². The van der Waals surface area contributed by atoms with E-state index in [0.29, 0.717) is 6.54 Å². The van der Waals surface area contributed by atoms with E-state index in [0.717, 1.165) is 5.57 Å². The molecule has 0 aromatic heterocycles. The van der Waals surface area contributed by atoms with E-state index >= 15 is 0 Å². The van der Waals surface area contributed by atoms with Crippen molar-refractivity contribution in [1.82, 2.24) is 5.32 Å². The van der Waals surface area contributed by atoms with Gasteiger partial charge in [-0.3, -0.25) is 10.1 Å². The van der Waals surface area contributed by atoms with Crippen LogP contribution in [0.3, 0.4) is 0 Å². The molecule has 0 radical (unpaired) electrons. The standard InChI is InChI=1S/C9H11N3O2/c10-4-6-1-2-8-7(3-6)9(5-11-8)12(13)14/h1-3,5,7-8,11H,4,10H2. The molecule has 1 aliphatic carbocycles. The lowest BCUT2D eigenvalue weighted by Crippen LogP contribution is -2.28. The quantitative estimate of drug-likeness (QED) is 0.483. The molecule has 14 heavy (non-hydrogen) atoms. The SMILES string of the molecule is NCC1=CC2C([N+](=O)[O-])=CNC2C=C1. The van der Waals surface area contributed by atoms with Gasteiger partial charge in [0.15, 0.2) is 0 Å². The Balaban J connectivity index is 2.26. The lowest BCUT2D eigenvalue weighted by molar-refractivity contribution is -0.431. The van der Waals surface area contributed by atoms with Crippen molar-refractivity contribution in [2.45, 2.75) is 6.04 Å². The molecule has 0 saturated carbocycles. The third-order valence-corrected chi connectivity index (χ3v) is 2.51. The molecular weight excluding hydrogens is 182 g/mol. The van der Waals surface area contributed by atoms with E-state index in [2.05, 4.69) is 5.32 Å². The summed E-state index contributed by atoms with van der Waals surface area (Å²) >= 11 is 0. The van der Waals surface area contributed by atoms with Gasteiger partial charge < -0.3 is 11.1 Å². The average Bonchev–Trinajstić information content (AvgIpc) is 2.59. The minimum absolute atomic E-state index is 0.0192. The number of nitrogens with one attached hydrogen (secondary N) is 1. The van der Waals surface area contributed by atoms with Crippen LogP contribution in [-0.2, 0) is 0 Å². The fourth-order valence-corrected chi connectivity index (χ4v) is 1.75. The number of rotatable bonds is 2. The Labute approximate surface area is 81.1 Å². The Hall–Kier alpha value is -1.62. The molecule has 5 nitrogen and oxygen atoms in total. The lowest BCUT2D eigenvalue weighted by Gasteiger charge is -2.17. The van der Waals surface area contributed by atoms with Gasteiger partial charge in [-0.2, -0.15) is 0 Å². The average molecular weight is 193 g/mol. The van der Waals surface area contributed by atoms with Crippen molar-refractivity contribution in [3.63, 3.8) is 0 Å². The molecule has 0 spiro atoms. The van der Waals surface area contributed by atoms with Gasteiger partial charge in [0, 0.05) is 6.54 Å². The summed E-state index contributed by atoms with van der Waals surface area (Å²) in [6.45, 7) is 0.421. The van der Waals surface area contributed by atoms with E-state index in [4.69, 9.17) is 5.73 Å². The van der Waals surface area contributed by atoms with Crippen LogP contribution in [0.2, 0.25) is 0 Å². The Morgan fingerprint density at radius 2 is 2.43 bits per heavy atom. The normalized spacial score (nSPS) is 28.9. The van der Waals surface area contributed by atoms with Crippen LogP contribution in [0.25, 0.3) is 0 Å². The summed E-state index contributed by atoms with van der Waals surface area (Å²) in [6.07, 6.45) is 7.15. The van der Waals surface area contributed by atoms with Crippen molar-refractivity contribution in [3.05, 3.63) is 45.8 Å². The number of nitrogens with two attached hydrogens (primary N) is 1. The molecule has 0 amide bonds. The predicted octanol–water partition coefficient (Wildman–Crippen LogP) is 0.147. The van der Waals surface area contributed by atoms with Crippen LogP contribution in [0.5, 0.6) is 0 Å². The summed E-state index contributed by atoms with van der Waals surface area (Å²) in [6, 6.07) is 0.0192. The number of hydrogen-bond donors (Lipinski definition) is 2. The molecular formula is C9H11N3O2. The van der Waals surface area contributed by atoms with Crippen LogP contribution >= 0.6 is 0 Å². The van der Waals surface area contributed by atoms with Crippen LogP contribution in [0.4, 0.5) is 0 Å². The van der Waals surface area contributed by atoms with Gasteiger partial charge in [-0.05, 0) is 5.57 Å². The van der Waals surface area contributed by atoms with E-state index < -0.39 is 0 Å². The highest BCUT2D eigenvalue weighted by atomic mass is 16.6. The summed E-state index contributed by atoms with van der Waals surface area (Å²) in [5.41, 5.74) is 6.64. The number of hydrogen-bond acceptors (Lipinski definition) is 4. The largest absolute Gasteiger partial charge is 0.378 e. The molecule has 0 fully saturated rings. The Kier molecular flexibility index (Phi) is 2.09. The maximum atomic E-state index is 10.7. The van der Waals surface area contributed by atoms with E-state index in [9.17, 15) is 10.1 Å². The van der Waals surface area contributed by atoms with Gasteiger partial charge in [-0.15, -0.1) is 0 Å². The molecule has 2 rings (SSSR count). The molecule has 1 aliphatic heterocycles. The van der Waals surface area contributed by atoms with E-state index in [1.165, 1.54) is 6.20 Å². The first-order valence-corrected chi connectivity index (χ1v) is 4.42. The molecule has 2 atom stereocenters. The van der Waals surface area contributed by atoms with Gasteiger partial charge in [-0.1, -0.05) is 18.2 Å². The Morgan fingerprint density at radius 3 is 3.07 bits per heavy atom. The Bertz CT molecular complexity index is 357. The summed E-state index contributed by atoms with van der Waals surface area (Å²) in [7, 11) is 0. The fourth-order valence-electron chi connectivity index (χ4n) is 1.75. The van der Waals surface area contributed by atoms with Gasteiger partial charge in [0.1, 0.15) is 0 Å². The predicted molar refractivity (Wildman–Crippen MR) is 51.8 cm³/mol. The van der Waals surface area contributed by atoms with Crippen LogP contribution in [0, 0.1) is 16.0 Å². The summed E-state index contributed by atoms with van der Waals surface area (Å²) in [5.74, 6) is -0.173. The van der Waals surface area contributed by atoms with Crippen molar-refractivity contribution in [2.75, 3.05) is 6.54 Å². The van der Waals surface area contributed by atoms with E-state index in [-0.39, 0.29) is 22.6 Å². The monoisotopic (exact) mass is 193 g/mol. The zero-order valence-corrected chi connectivity index (χ0v) is 7.51. The Morgan fingerprint density at radius 1 is 1.64 bits per heavy atom. The molecule has 0 bridgehead atoms. The first-order valence-electron chi connectivity index (χ1n) is 4.42. The van der Waals surface area contributed by atoms with E-state index in [1.807, 2.05) is 18.2 Å². The van der Waals surface area contributed by atoms with Gasteiger partial charge >= 0.3 is 0 Å². The van der Waals surface area contributed by atoms with Gasteiger partial charge in [0.05, 0.1) is 23.1 Å². The minimum Gasteiger partial charge on any atom is -0.378 e. The minimum atomic E-state index is -0.346. The van der Waals surface area contributed by atoms with Crippen LogP contribution < -0.4 is 11.1 Å². The first kappa shape index (κ1) is 8.96. The number of fused-ring (bicyclic) bond motifs is 1. The van der Waals surface area contributed by atoms with Crippen LogP contribution in [0.1, 0.15) is 0 Å². The molecule has 1 heterocycles. The second kappa shape index (κ2) is 3.26. The van der Waals surface area contributed by atoms with E-state index in [1.54, 1.807) is 0 Å². The first-order chi connectivity index (χ1) is 6.72. The summed E-state index contributed by atoms with van der Waals surface area (Å²) in [5, 5.41) is 13.6. The zero-order valence-electron chi connectivity index (χ0n) is 7.51. The second-order valence-corrected chi connectivity index (χ2v) is 3.35. The molecule has 0 aromatic carbocycles. The summed E-state index contributed by atoms with van der Waals surface area (Å²) in [4.78, 5) is 10.3.